The number of carbonyl (C=O) groups excluding carboxylic acids is 2. The Morgan fingerprint density at radius 3 is 2.65 bits per heavy atom. The first-order chi connectivity index (χ1) is 18.2. The molecule has 37 heavy (non-hydrogen) atoms. The molecule has 2 aliphatic heterocycles. The Hall–Kier alpha value is -3.87. The average molecular weight is 496 g/mol. The zero-order valence-electron chi connectivity index (χ0n) is 20.8. The van der Waals surface area contributed by atoms with Crippen molar-refractivity contribution in [2.24, 2.45) is 11.8 Å². The monoisotopic (exact) mass is 495 g/mol. The molecule has 3 aromatic rings. The fraction of sp³-hybridized carbons (Fsp3) is 0.367. The lowest BCUT2D eigenvalue weighted by Gasteiger charge is -2.42. The number of fused-ring (bicyclic) bond motifs is 3. The van der Waals surface area contributed by atoms with Crippen LogP contribution in [0.15, 0.2) is 73.1 Å². The van der Waals surface area contributed by atoms with E-state index in [-0.39, 0.29) is 35.9 Å². The van der Waals surface area contributed by atoms with Crippen LogP contribution in [0.3, 0.4) is 0 Å². The topological polar surface area (TPSA) is 90.1 Å². The van der Waals surface area contributed by atoms with Crippen LogP contribution in [-0.4, -0.2) is 39.3 Å². The number of rotatable bonds is 5. The van der Waals surface area contributed by atoms with Crippen molar-refractivity contribution in [1.29, 1.82) is 0 Å². The number of para-hydroxylation sites is 1. The number of hydrogen-bond acceptors (Lipinski definition) is 4. The Morgan fingerprint density at radius 1 is 1.00 bits per heavy atom. The van der Waals surface area contributed by atoms with Crippen molar-refractivity contribution in [2.75, 3.05) is 11.9 Å². The molecule has 1 saturated heterocycles. The normalized spacial score (nSPS) is 26.8. The molecular weight excluding hydrogens is 462 g/mol. The standard InChI is InChI=1S/C30H33N5O2/c36-27(15-14-26-31-17-18-32-26)33-25-13-7-5-11-22(25)30(37)35-19-16-23-28(20-8-2-1-3-9-20)34-24-12-6-4-10-21(24)29(23)35/h1-4,6,8-10,12,14-15,17-18,22-23,25,28-29,34H,5,7,11,13,16,19H2,(H,31,32)(H,33,36)/b15-14+/t22-,23-,25+,28-,29-/m0/s1. The first-order valence-corrected chi connectivity index (χ1v) is 13.4. The highest BCUT2D eigenvalue weighted by atomic mass is 16.2. The first-order valence-electron chi connectivity index (χ1n) is 13.4. The summed E-state index contributed by atoms with van der Waals surface area (Å²) in [6, 6.07) is 19.0. The van der Waals surface area contributed by atoms with Gasteiger partial charge in [-0.1, -0.05) is 61.4 Å². The summed E-state index contributed by atoms with van der Waals surface area (Å²) in [4.78, 5) is 36.1. The van der Waals surface area contributed by atoms with Gasteiger partial charge in [-0.15, -0.1) is 0 Å². The van der Waals surface area contributed by atoms with Crippen LogP contribution in [0.5, 0.6) is 0 Å². The van der Waals surface area contributed by atoms with Crippen molar-refractivity contribution in [2.45, 2.75) is 50.2 Å². The van der Waals surface area contributed by atoms with E-state index >= 15 is 0 Å². The highest BCUT2D eigenvalue weighted by Gasteiger charge is 2.48. The van der Waals surface area contributed by atoms with Gasteiger partial charge in [-0.05, 0) is 42.5 Å². The maximum atomic E-state index is 14.2. The predicted molar refractivity (Wildman–Crippen MR) is 143 cm³/mol. The van der Waals surface area contributed by atoms with Crippen molar-refractivity contribution in [3.63, 3.8) is 0 Å². The summed E-state index contributed by atoms with van der Waals surface area (Å²) >= 11 is 0. The molecule has 5 atom stereocenters. The van der Waals surface area contributed by atoms with Crippen LogP contribution in [-0.2, 0) is 9.59 Å². The molecule has 7 heteroatoms. The third kappa shape index (κ3) is 4.66. The summed E-state index contributed by atoms with van der Waals surface area (Å²) in [5, 5.41) is 6.91. The first kappa shape index (κ1) is 23.5. The number of benzene rings is 2. The second-order valence-electron chi connectivity index (χ2n) is 10.4. The molecule has 1 saturated carbocycles. The van der Waals surface area contributed by atoms with Gasteiger partial charge in [0.1, 0.15) is 5.82 Å². The number of anilines is 1. The average Bonchev–Trinajstić information content (AvgIpc) is 3.63. The second-order valence-corrected chi connectivity index (χ2v) is 10.4. The highest BCUT2D eigenvalue weighted by molar-refractivity contribution is 5.92. The Balaban J connectivity index is 1.24. The minimum absolute atomic E-state index is 0.0345. The molecule has 0 radical (unpaired) electrons. The molecule has 6 rings (SSSR count). The van der Waals surface area contributed by atoms with E-state index in [0.29, 0.717) is 11.7 Å². The Kier molecular flexibility index (Phi) is 6.51. The van der Waals surface area contributed by atoms with Crippen molar-refractivity contribution in [3.05, 3.63) is 90.0 Å². The summed E-state index contributed by atoms with van der Waals surface area (Å²) in [5.41, 5.74) is 3.56. The van der Waals surface area contributed by atoms with E-state index in [1.807, 2.05) is 6.07 Å². The lowest BCUT2D eigenvalue weighted by molar-refractivity contribution is -0.139. The third-order valence-electron chi connectivity index (χ3n) is 8.23. The number of aromatic nitrogens is 2. The van der Waals surface area contributed by atoms with Gasteiger partial charge in [0.15, 0.2) is 0 Å². The number of nitrogens with zero attached hydrogens (tertiary/aromatic N) is 2. The van der Waals surface area contributed by atoms with E-state index in [0.717, 1.165) is 44.3 Å². The number of nitrogens with one attached hydrogen (secondary N) is 3. The minimum Gasteiger partial charge on any atom is -0.378 e. The van der Waals surface area contributed by atoms with E-state index in [2.05, 4.69) is 74.0 Å². The second kappa shape index (κ2) is 10.2. The molecular formula is C30H33N5O2. The van der Waals surface area contributed by atoms with Gasteiger partial charge in [-0.2, -0.15) is 0 Å². The number of likely N-dealkylation sites (tertiary alicyclic amines) is 1. The van der Waals surface area contributed by atoms with Gasteiger partial charge in [0, 0.05) is 42.7 Å². The van der Waals surface area contributed by atoms with Crippen LogP contribution in [0, 0.1) is 11.8 Å². The van der Waals surface area contributed by atoms with Crippen LogP contribution in [0.4, 0.5) is 5.69 Å². The molecule has 0 unspecified atom stereocenters. The van der Waals surface area contributed by atoms with Crippen molar-refractivity contribution in [1.82, 2.24) is 20.2 Å². The van der Waals surface area contributed by atoms with Crippen LogP contribution in [0.1, 0.15) is 61.1 Å². The molecule has 2 aromatic carbocycles. The van der Waals surface area contributed by atoms with Gasteiger partial charge in [0.25, 0.3) is 0 Å². The molecule has 1 aliphatic carbocycles. The zero-order valence-corrected chi connectivity index (χ0v) is 20.8. The Labute approximate surface area is 217 Å². The summed E-state index contributed by atoms with van der Waals surface area (Å²) in [6.45, 7) is 0.739. The summed E-state index contributed by atoms with van der Waals surface area (Å²) < 4.78 is 0. The van der Waals surface area contributed by atoms with E-state index in [9.17, 15) is 9.59 Å². The molecule has 2 fully saturated rings. The van der Waals surface area contributed by atoms with Gasteiger partial charge in [0.05, 0.1) is 18.0 Å². The number of aromatic amines is 1. The Morgan fingerprint density at radius 2 is 1.81 bits per heavy atom. The molecule has 7 nitrogen and oxygen atoms in total. The van der Waals surface area contributed by atoms with E-state index in [4.69, 9.17) is 0 Å². The third-order valence-corrected chi connectivity index (χ3v) is 8.23. The van der Waals surface area contributed by atoms with Gasteiger partial charge in [-0.25, -0.2) is 4.98 Å². The van der Waals surface area contributed by atoms with Gasteiger partial charge in [-0.3, -0.25) is 9.59 Å². The maximum Gasteiger partial charge on any atom is 0.244 e. The molecule has 2 amide bonds. The number of amides is 2. The van der Waals surface area contributed by atoms with Crippen molar-refractivity contribution in [3.8, 4) is 0 Å². The van der Waals surface area contributed by atoms with Gasteiger partial charge < -0.3 is 20.5 Å². The van der Waals surface area contributed by atoms with Crippen molar-refractivity contribution < 1.29 is 9.59 Å². The zero-order chi connectivity index (χ0) is 25.2. The molecule has 3 aliphatic rings. The summed E-state index contributed by atoms with van der Waals surface area (Å²) in [7, 11) is 0. The molecule has 190 valence electrons. The van der Waals surface area contributed by atoms with Crippen LogP contribution < -0.4 is 10.6 Å². The van der Waals surface area contributed by atoms with Crippen LogP contribution in [0.25, 0.3) is 6.08 Å². The minimum atomic E-state index is -0.203. The fourth-order valence-electron chi connectivity index (χ4n) is 6.53. The highest BCUT2D eigenvalue weighted by Crippen LogP contribution is 2.51. The quantitative estimate of drug-likeness (QED) is 0.441. The lowest BCUT2D eigenvalue weighted by atomic mass is 9.79. The van der Waals surface area contributed by atoms with Crippen LogP contribution >= 0.6 is 0 Å². The molecule has 3 heterocycles. The van der Waals surface area contributed by atoms with Crippen molar-refractivity contribution >= 4 is 23.6 Å². The summed E-state index contributed by atoms with van der Waals surface area (Å²) in [5.74, 6) is 0.722. The largest absolute Gasteiger partial charge is 0.378 e. The number of imidazole rings is 1. The SMILES string of the molecule is O=C(/C=C/c1ncc[nH]1)N[C@@H]1CCCC[C@@H]1C(=O)N1CC[C@H]2[C@H](c3ccccc3)Nc3ccccc3[C@@H]21. The predicted octanol–water partition coefficient (Wildman–Crippen LogP) is 4.85. The number of H-pyrrole nitrogens is 1. The van der Waals surface area contributed by atoms with Gasteiger partial charge in [0.2, 0.25) is 11.8 Å². The maximum absolute atomic E-state index is 14.2. The fourth-order valence-corrected chi connectivity index (χ4v) is 6.53. The number of hydrogen-bond donors (Lipinski definition) is 3. The Bertz CT molecular complexity index is 1270. The molecule has 3 N–H and O–H groups in total. The smallest absolute Gasteiger partial charge is 0.244 e. The van der Waals surface area contributed by atoms with Crippen LogP contribution in [0.2, 0.25) is 0 Å². The van der Waals surface area contributed by atoms with Gasteiger partial charge >= 0.3 is 0 Å². The van der Waals surface area contributed by atoms with E-state index in [1.54, 1.807) is 18.5 Å². The van der Waals surface area contributed by atoms with E-state index < -0.39 is 0 Å². The lowest BCUT2D eigenvalue weighted by Crippen LogP contribution is -2.49. The molecule has 1 aromatic heterocycles. The molecule has 0 spiro atoms. The number of carbonyl (C=O) groups is 2. The van der Waals surface area contributed by atoms with E-state index in [1.165, 1.54) is 17.2 Å². The summed E-state index contributed by atoms with van der Waals surface area (Å²) in [6.07, 6.45) is 11.1. The molecule has 0 bridgehead atoms.